The van der Waals surface area contributed by atoms with Crippen molar-refractivity contribution >= 4 is 23.2 Å². The smallest absolute Gasteiger partial charge is 0.255 e. The standard InChI is InChI=1S/C24H24FN3O2/c1-13-11-18-23(19(29)12-13)22(16-7-9-17(25)10-8-16)21(15(3)27-18)24(30)28-20-6-4-5-14(2)26-20/h4-10,13,22-23H,11-12H2,1-3H3,(H,26,28,30)/t13-,22-,23+/m0/s1. The van der Waals surface area contributed by atoms with Gasteiger partial charge in [-0.05, 0) is 56.0 Å². The number of benzene rings is 1. The quantitative estimate of drug-likeness (QED) is 0.812. The average Bonchev–Trinajstić information content (AvgIpc) is 2.67. The maximum atomic E-state index is 13.6. The van der Waals surface area contributed by atoms with Crippen LogP contribution in [-0.2, 0) is 9.59 Å². The van der Waals surface area contributed by atoms with Gasteiger partial charge in [-0.2, -0.15) is 0 Å². The van der Waals surface area contributed by atoms with Gasteiger partial charge in [0.05, 0.1) is 5.92 Å². The number of ketones is 1. The van der Waals surface area contributed by atoms with Crippen LogP contribution >= 0.6 is 0 Å². The summed E-state index contributed by atoms with van der Waals surface area (Å²) in [7, 11) is 0. The molecule has 2 aromatic rings. The number of pyridine rings is 1. The fraction of sp³-hybridized carbons (Fsp3) is 0.333. The highest BCUT2D eigenvalue weighted by atomic mass is 19.1. The molecule has 6 heteroatoms. The lowest BCUT2D eigenvalue weighted by atomic mass is 9.67. The molecule has 1 aromatic carbocycles. The van der Waals surface area contributed by atoms with Gasteiger partial charge in [0.25, 0.3) is 5.91 Å². The molecule has 1 aliphatic heterocycles. The Morgan fingerprint density at radius 3 is 2.50 bits per heavy atom. The van der Waals surface area contributed by atoms with E-state index in [2.05, 4.69) is 15.3 Å². The van der Waals surface area contributed by atoms with E-state index in [4.69, 9.17) is 0 Å². The zero-order chi connectivity index (χ0) is 21.4. The minimum Gasteiger partial charge on any atom is -0.307 e. The lowest BCUT2D eigenvalue weighted by molar-refractivity contribution is -0.123. The highest BCUT2D eigenvalue weighted by Crippen LogP contribution is 2.44. The summed E-state index contributed by atoms with van der Waals surface area (Å²) < 4.78 is 13.6. The number of amides is 1. The molecule has 2 heterocycles. The Labute approximate surface area is 175 Å². The number of nitrogens with one attached hydrogen (secondary N) is 1. The molecule has 5 nitrogen and oxygen atoms in total. The molecule has 0 saturated heterocycles. The second kappa shape index (κ2) is 7.94. The molecule has 1 saturated carbocycles. The molecule has 1 fully saturated rings. The molecule has 0 bridgehead atoms. The first-order chi connectivity index (χ1) is 14.3. The molecule has 1 N–H and O–H groups in total. The van der Waals surface area contributed by atoms with Crippen LogP contribution in [-0.4, -0.2) is 22.4 Å². The Morgan fingerprint density at radius 1 is 1.07 bits per heavy atom. The number of nitrogens with zero attached hydrogens (tertiary/aromatic N) is 2. The molecule has 0 spiro atoms. The lowest BCUT2D eigenvalue weighted by Crippen LogP contribution is -2.41. The van der Waals surface area contributed by atoms with Gasteiger partial charge in [0, 0.05) is 35.0 Å². The Bertz CT molecular complexity index is 1070. The summed E-state index contributed by atoms with van der Waals surface area (Å²) in [6.45, 7) is 5.68. The summed E-state index contributed by atoms with van der Waals surface area (Å²) in [6, 6.07) is 11.4. The maximum absolute atomic E-state index is 13.6. The average molecular weight is 405 g/mol. The van der Waals surface area contributed by atoms with Crippen molar-refractivity contribution in [3.8, 4) is 0 Å². The normalized spacial score (nSPS) is 23.7. The molecule has 0 radical (unpaired) electrons. The van der Waals surface area contributed by atoms with Crippen molar-refractivity contribution in [3.05, 3.63) is 70.8 Å². The van der Waals surface area contributed by atoms with Crippen LogP contribution in [0.3, 0.4) is 0 Å². The monoisotopic (exact) mass is 405 g/mol. The molecule has 3 atom stereocenters. The van der Waals surface area contributed by atoms with Crippen LogP contribution in [0, 0.1) is 24.6 Å². The van der Waals surface area contributed by atoms with Gasteiger partial charge in [-0.3, -0.25) is 14.6 Å². The SMILES string of the molecule is CC1=C(C(=O)Nc2cccc(C)n2)[C@H](c2ccc(F)cc2)[C@H]2C(=O)C[C@@H](C)CC2=N1. The van der Waals surface area contributed by atoms with E-state index in [0.717, 1.165) is 23.4 Å². The topological polar surface area (TPSA) is 71.4 Å². The van der Waals surface area contributed by atoms with Crippen molar-refractivity contribution in [1.29, 1.82) is 0 Å². The van der Waals surface area contributed by atoms with Gasteiger partial charge in [-0.1, -0.05) is 25.1 Å². The highest BCUT2D eigenvalue weighted by Gasteiger charge is 2.44. The molecule has 0 unspecified atom stereocenters. The van der Waals surface area contributed by atoms with Gasteiger partial charge in [0.15, 0.2) is 0 Å². The van der Waals surface area contributed by atoms with Crippen LogP contribution in [0.2, 0.25) is 0 Å². The molecule has 2 aliphatic rings. The third-order valence-corrected chi connectivity index (χ3v) is 5.76. The second-order valence-electron chi connectivity index (χ2n) is 8.21. The molecule has 30 heavy (non-hydrogen) atoms. The fourth-order valence-electron chi connectivity index (χ4n) is 4.50. The van der Waals surface area contributed by atoms with Crippen LogP contribution in [0.1, 0.15) is 43.9 Å². The van der Waals surface area contributed by atoms with Crippen molar-refractivity contribution in [2.24, 2.45) is 16.8 Å². The molecule has 1 amide bonds. The summed E-state index contributed by atoms with van der Waals surface area (Å²) in [6.07, 6.45) is 1.18. The summed E-state index contributed by atoms with van der Waals surface area (Å²) >= 11 is 0. The number of anilines is 1. The van der Waals surface area contributed by atoms with Crippen molar-refractivity contribution < 1.29 is 14.0 Å². The summed E-state index contributed by atoms with van der Waals surface area (Å²) in [4.78, 5) is 35.4. The number of hydrogen-bond donors (Lipinski definition) is 1. The van der Waals surface area contributed by atoms with Crippen LogP contribution in [0.15, 0.2) is 58.7 Å². The van der Waals surface area contributed by atoms with Crippen molar-refractivity contribution in [2.45, 2.75) is 39.5 Å². The lowest BCUT2D eigenvalue weighted by Gasteiger charge is -2.37. The van der Waals surface area contributed by atoms with Gasteiger partial charge < -0.3 is 5.32 Å². The second-order valence-corrected chi connectivity index (χ2v) is 8.21. The number of allylic oxidation sites excluding steroid dienone is 1. The largest absolute Gasteiger partial charge is 0.307 e. The van der Waals surface area contributed by atoms with Gasteiger partial charge in [0.2, 0.25) is 0 Å². The molecular weight excluding hydrogens is 381 g/mol. The third kappa shape index (κ3) is 3.82. The Balaban J connectivity index is 1.79. The van der Waals surface area contributed by atoms with Crippen LogP contribution in [0.25, 0.3) is 0 Å². The van der Waals surface area contributed by atoms with Gasteiger partial charge >= 0.3 is 0 Å². The molecule has 4 rings (SSSR count). The van der Waals surface area contributed by atoms with Gasteiger partial charge in [-0.25, -0.2) is 9.37 Å². The number of hydrogen-bond acceptors (Lipinski definition) is 4. The van der Waals surface area contributed by atoms with E-state index < -0.39 is 11.8 Å². The third-order valence-electron chi connectivity index (χ3n) is 5.76. The number of fused-ring (bicyclic) bond motifs is 1. The zero-order valence-electron chi connectivity index (χ0n) is 17.3. The Hall–Kier alpha value is -3.15. The highest BCUT2D eigenvalue weighted by molar-refractivity contribution is 6.14. The summed E-state index contributed by atoms with van der Waals surface area (Å²) in [5.74, 6) is -0.952. The predicted molar refractivity (Wildman–Crippen MR) is 114 cm³/mol. The van der Waals surface area contributed by atoms with E-state index in [-0.39, 0.29) is 23.4 Å². The zero-order valence-corrected chi connectivity index (χ0v) is 17.3. The van der Waals surface area contributed by atoms with Crippen molar-refractivity contribution in [1.82, 2.24) is 4.98 Å². The predicted octanol–water partition coefficient (Wildman–Crippen LogP) is 4.60. The van der Waals surface area contributed by atoms with Crippen LogP contribution < -0.4 is 5.32 Å². The van der Waals surface area contributed by atoms with E-state index in [1.807, 2.05) is 26.0 Å². The first kappa shape index (κ1) is 20.1. The van der Waals surface area contributed by atoms with Gasteiger partial charge in [0.1, 0.15) is 17.4 Å². The van der Waals surface area contributed by atoms with E-state index in [1.54, 1.807) is 25.1 Å². The van der Waals surface area contributed by atoms with Crippen molar-refractivity contribution in [2.75, 3.05) is 5.32 Å². The summed E-state index contributed by atoms with van der Waals surface area (Å²) in [5.41, 5.74) is 3.35. The number of carbonyl (C=O) groups excluding carboxylic acids is 2. The number of carbonyl (C=O) groups is 2. The van der Waals surface area contributed by atoms with Crippen LogP contribution in [0.5, 0.6) is 0 Å². The van der Waals surface area contributed by atoms with E-state index in [9.17, 15) is 14.0 Å². The number of aliphatic imine (C=N–C) groups is 1. The molecule has 1 aromatic heterocycles. The number of halogens is 1. The minimum absolute atomic E-state index is 0.0771. The number of rotatable bonds is 3. The Morgan fingerprint density at radius 2 is 1.80 bits per heavy atom. The van der Waals surface area contributed by atoms with Crippen LogP contribution in [0.4, 0.5) is 10.2 Å². The van der Waals surface area contributed by atoms with Gasteiger partial charge in [-0.15, -0.1) is 0 Å². The van der Waals surface area contributed by atoms with E-state index in [0.29, 0.717) is 23.5 Å². The molecule has 1 aliphatic carbocycles. The van der Waals surface area contributed by atoms with E-state index >= 15 is 0 Å². The first-order valence-corrected chi connectivity index (χ1v) is 10.1. The number of aryl methyl sites for hydroxylation is 1. The maximum Gasteiger partial charge on any atom is 0.255 e. The fourth-order valence-corrected chi connectivity index (χ4v) is 4.50. The minimum atomic E-state index is -0.499. The van der Waals surface area contributed by atoms with E-state index in [1.165, 1.54) is 12.1 Å². The van der Waals surface area contributed by atoms with Crippen molar-refractivity contribution in [3.63, 3.8) is 0 Å². The number of aromatic nitrogens is 1. The molecular formula is C24H24FN3O2. The number of Topliss-reactive ketones (excluding diaryl/α,β-unsaturated/α-hetero) is 1. The summed E-state index contributed by atoms with van der Waals surface area (Å²) in [5, 5.41) is 2.85. The Kier molecular flexibility index (Phi) is 5.33. The molecule has 154 valence electrons. The first-order valence-electron chi connectivity index (χ1n) is 10.1.